The molecule has 1 aromatic heterocycles. The Morgan fingerprint density at radius 3 is 2.88 bits per heavy atom. The van der Waals surface area contributed by atoms with E-state index >= 15 is 0 Å². The summed E-state index contributed by atoms with van der Waals surface area (Å²) < 4.78 is 0. The lowest BCUT2D eigenvalue weighted by Crippen LogP contribution is -2.43. The third-order valence-corrected chi connectivity index (χ3v) is 2.91. The standard InChI is InChI=1S/C11H18N4O/c1-9(10-12-5-6-13-10)14-11(16)15-7-3-2-4-8-15/h5-6,9H,2-4,7-8H2,1H3,(H,12,13)(H,14,16). The van der Waals surface area contributed by atoms with Crippen LogP contribution in [0.25, 0.3) is 0 Å². The zero-order valence-electron chi connectivity index (χ0n) is 9.57. The molecule has 1 aliphatic heterocycles. The summed E-state index contributed by atoms with van der Waals surface area (Å²) in [6.45, 7) is 3.67. The first-order valence-electron chi connectivity index (χ1n) is 5.82. The van der Waals surface area contributed by atoms with Gasteiger partial charge < -0.3 is 15.2 Å². The van der Waals surface area contributed by atoms with Crippen LogP contribution in [0.3, 0.4) is 0 Å². The van der Waals surface area contributed by atoms with Crippen LogP contribution >= 0.6 is 0 Å². The number of nitrogens with zero attached hydrogens (tertiary/aromatic N) is 2. The predicted octanol–water partition coefficient (Wildman–Crippen LogP) is 1.67. The molecule has 16 heavy (non-hydrogen) atoms. The minimum atomic E-state index is -0.0653. The molecule has 2 amide bonds. The average molecular weight is 222 g/mol. The van der Waals surface area contributed by atoms with Gasteiger partial charge >= 0.3 is 6.03 Å². The van der Waals surface area contributed by atoms with Crippen LogP contribution in [0.1, 0.15) is 38.1 Å². The predicted molar refractivity (Wildman–Crippen MR) is 61.0 cm³/mol. The number of hydrogen-bond acceptors (Lipinski definition) is 2. The maximum Gasteiger partial charge on any atom is 0.317 e. The SMILES string of the molecule is CC(NC(=O)N1CCCCC1)c1ncc[nH]1. The second-order valence-corrected chi connectivity index (χ2v) is 4.19. The summed E-state index contributed by atoms with van der Waals surface area (Å²) in [5, 5.41) is 2.95. The van der Waals surface area contributed by atoms with Gasteiger partial charge in [0, 0.05) is 25.5 Å². The van der Waals surface area contributed by atoms with Crippen LogP contribution < -0.4 is 5.32 Å². The van der Waals surface area contributed by atoms with E-state index in [1.165, 1.54) is 6.42 Å². The lowest BCUT2D eigenvalue weighted by Gasteiger charge is -2.28. The van der Waals surface area contributed by atoms with Crippen LogP contribution in [0.4, 0.5) is 4.79 Å². The molecule has 0 aromatic carbocycles. The summed E-state index contributed by atoms with van der Waals surface area (Å²) in [6, 6.07) is -0.0481. The third kappa shape index (κ3) is 2.53. The lowest BCUT2D eigenvalue weighted by atomic mass is 10.1. The van der Waals surface area contributed by atoms with Gasteiger partial charge in [0.1, 0.15) is 5.82 Å². The Morgan fingerprint density at radius 2 is 2.25 bits per heavy atom. The van der Waals surface area contributed by atoms with Crippen LogP contribution in [0, 0.1) is 0 Å². The minimum Gasteiger partial charge on any atom is -0.347 e. The molecule has 0 radical (unpaired) electrons. The fourth-order valence-electron chi connectivity index (χ4n) is 1.96. The van der Waals surface area contributed by atoms with E-state index in [2.05, 4.69) is 15.3 Å². The second-order valence-electron chi connectivity index (χ2n) is 4.19. The molecule has 0 aliphatic carbocycles. The molecule has 5 nitrogen and oxygen atoms in total. The highest BCUT2D eigenvalue weighted by atomic mass is 16.2. The van der Waals surface area contributed by atoms with E-state index in [1.807, 2.05) is 11.8 Å². The second kappa shape index (κ2) is 5.01. The van der Waals surface area contributed by atoms with Gasteiger partial charge in [0.15, 0.2) is 0 Å². The van der Waals surface area contributed by atoms with Gasteiger partial charge in [-0.25, -0.2) is 9.78 Å². The van der Waals surface area contributed by atoms with E-state index in [0.29, 0.717) is 0 Å². The Balaban J connectivity index is 1.86. The zero-order chi connectivity index (χ0) is 11.4. The fraction of sp³-hybridized carbons (Fsp3) is 0.636. The van der Waals surface area contributed by atoms with E-state index < -0.39 is 0 Å². The first-order valence-corrected chi connectivity index (χ1v) is 5.82. The maximum atomic E-state index is 11.9. The number of aromatic nitrogens is 2. The van der Waals surface area contributed by atoms with Crippen molar-refractivity contribution in [1.29, 1.82) is 0 Å². The van der Waals surface area contributed by atoms with Crippen molar-refractivity contribution in [2.24, 2.45) is 0 Å². The van der Waals surface area contributed by atoms with Gasteiger partial charge in [-0.1, -0.05) is 0 Å². The van der Waals surface area contributed by atoms with Crippen molar-refractivity contribution in [3.8, 4) is 0 Å². The summed E-state index contributed by atoms with van der Waals surface area (Å²) in [6.07, 6.45) is 6.92. The lowest BCUT2D eigenvalue weighted by molar-refractivity contribution is 0.183. The van der Waals surface area contributed by atoms with Gasteiger partial charge in [0.25, 0.3) is 0 Å². The molecule has 0 spiro atoms. The molecule has 1 atom stereocenters. The maximum absolute atomic E-state index is 11.9. The summed E-state index contributed by atoms with van der Waals surface area (Å²) in [5.41, 5.74) is 0. The van der Waals surface area contributed by atoms with E-state index in [4.69, 9.17) is 0 Å². The molecule has 1 aliphatic rings. The molecule has 88 valence electrons. The highest BCUT2D eigenvalue weighted by Gasteiger charge is 2.19. The minimum absolute atomic E-state index is 0.0172. The molecular formula is C11H18N4O. The molecule has 1 fully saturated rings. The molecule has 0 bridgehead atoms. The first kappa shape index (κ1) is 11.0. The van der Waals surface area contributed by atoms with Gasteiger partial charge in [-0.05, 0) is 26.2 Å². The quantitative estimate of drug-likeness (QED) is 0.799. The third-order valence-electron chi connectivity index (χ3n) is 2.91. The molecule has 2 rings (SSSR count). The Labute approximate surface area is 95.2 Å². The van der Waals surface area contributed by atoms with Crippen LogP contribution in [0.2, 0.25) is 0 Å². The van der Waals surface area contributed by atoms with E-state index in [1.54, 1.807) is 12.4 Å². The molecule has 0 saturated carbocycles. The van der Waals surface area contributed by atoms with Crippen molar-refractivity contribution in [3.63, 3.8) is 0 Å². The summed E-state index contributed by atoms with van der Waals surface area (Å²) in [7, 11) is 0. The first-order chi connectivity index (χ1) is 7.77. The number of imidazole rings is 1. The van der Waals surface area contributed by atoms with Crippen LogP contribution in [0.15, 0.2) is 12.4 Å². The number of amides is 2. The monoisotopic (exact) mass is 222 g/mol. The molecule has 1 aromatic rings. The Hall–Kier alpha value is -1.52. The topological polar surface area (TPSA) is 61.0 Å². The average Bonchev–Trinajstić information content (AvgIpc) is 2.83. The number of aromatic amines is 1. The Morgan fingerprint density at radius 1 is 1.50 bits per heavy atom. The fourth-order valence-corrected chi connectivity index (χ4v) is 1.96. The van der Waals surface area contributed by atoms with Crippen molar-refractivity contribution in [1.82, 2.24) is 20.2 Å². The van der Waals surface area contributed by atoms with Gasteiger partial charge in [0.2, 0.25) is 0 Å². The number of rotatable bonds is 2. The number of H-pyrrole nitrogens is 1. The molecule has 2 heterocycles. The highest BCUT2D eigenvalue weighted by Crippen LogP contribution is 2.11. The number of urea groups is 1. The van der Waals surface area contributed by atoms with Gasteiger partial charge in [-0.2, -0.15) is 0 Å². The molecule has 2 N–H and O–H groups in total. The van der Waals surface area contributed by atoms with Crippen molar-refractivity contribution >= 4 is 6.03 Å². The van der Waals surface area contributed by atoms with E-state index in [-0.39, 0.29) is 12.1 Å². The summed E-state index contributed by atoms with van der Waals surface area (Å²) >= 11 is 0. The zero-order valence-corrected chi connectivity index (χ0v) is 9.57. The molecule has 1 unspecified atom stereocenters. The largest absolute Gasteiger partial charge is 0.347 e. The van der Waals surface area contributed by atoms with Crippen molar-refractivity contribution in [2.75, 3.05) is 13.1 Å². The molecule has 5 heteroatoms. The van der Waals surface area contributed by atoms with Crippen LogP contribution in [-0.2, 0) is 0 Å². The van der Waals surface area contributed by atoms with Crippen LogP contribution in [0.5, 0.6) is 0 Å². The number of nitrogens with one attached hydrogen (secondary N) is 2. The number of hydrogen-bond donors (Lipinski definition) is 2. The molecular weight excluding hydrogens is 204 g/mol. The van der Waals surface area contributed by atoms with Crippen molar-refractivity contribution < 1.29 is 4.79 Å². The smallest absolute Gasteiger partial charge is 0.317 e. The molecule has 1 saturated heterocycles. The van der Waals surface area contributed by atoms with Gasteiger partial charge in [-0.15, -0.1) is 0 Å². The number of likely N-dealkylation sites (tertiary alicyclic amines) is 1. The van der Waals surface area contributed by atoms with E-state index in [9.17, 15) is 4.79 Å². The summed E-state index contributed by atoms with van der Waals surface area (Å²) in [4.78, 5) is 20.9. The normalized spacial score (nSPS) is 18.2. The number of piperidine rings is 1. The Bertz CT molecular complexity index is 330. The van der Waals surface area contributed by atoms with Crippen molar-refractivity contribution in [2.45, 2.75) is 32.2 Å². The highest BCUT2D eigenvalue weighted by molar-refractivity contribution is 5.74. The number of carbonyl (C=O) groups is 1. The van der Waals surface area contributed by atoms with Gasteiger partial charge in [-0.3, -0.25) is 0 Å². The van der Waals surface area contributed by atoms with Gasteiger partial charge in [0.05, 0.1) is 6.04 Å². The van der Waals surface area contributed by atoms with Crippen LogP contribution in [-0.4, -0.2) is 34.0 Å². The van der Waals surface area contributed by atoms with E-state index in [0.717, 1.165) is 31.8 Å². The summed E-state index contributed by atoms with van der Waals surface area (Å²) in [5.74, 6) is 0.797. The Kier molecular flexibility index (Phi) is 3.44. The number of carbonyl (C=O) groups excluding carboxylic acids is 1. The van der Waals surface area contributed by atoms with Crippen molar-refractivity contribution in [3.05, 3.63) is 18.2 Å².